The van der Waals surface area contributed by atoms with E-state index in [0.29, 0.717) is 70.0 Å². The predicted octanol–water partition coefficient (Wildman–Crippen LogP) is 7.02. The van der Waals surface area contributed by atoms with Gasteiger partial charge in [0.1, 0.15) is 22.7 Å². The maximum Gasteiger partial charge on any atom is 0.412 e. The second-order valence-corrected chi connectivity index (χ2v) is 11.9. The minimum Gasteiger partial charge on any atom is -0.493 e. The summed E-state index contributed by atoms with van der Waals surface area (Å²) < 4.78 is 17.7. The van der Waals surface area contributed by atoms with Gasteiger partial charge in [0.05, 0.1) is 13.2 Å². The van der Waals surface area contributed by atoms with Gasteiger partial charge in [0.15, 0.2) is 0 Å². The summed E-state index contributed by atoms with van der Waals surface area (Å²) in [6.45, 7) is 13.0. The van der Waals surface area contributed by atoms with Crippen LogP contribution in [-0.2, 0) is 20.8 Å². The van der Waals surface area contributed by atoms with Crippen LogP contribution < -0.4 is 26.2 Å². The molecule has 0 unspecified atom stereocenters. The average Bonchev–Trinajstić information content (AvgIpc) is 2.98. The third-order valence-corrected chi connectivity index (χ3v) is 6.98. The number of carbonyl (C=O) groups is 3. The van der Waals surface area contributed by atoms with Crippen LogP contribution in [0.3, 0.4) is 0 Å². The monoisotopic (exact) mass is 643 g/mol. The normalized spacial score (nSPS) is 11.1. The van der Waals surface area contributed by atoms with Gasteiger partial charge < -0.3 is 24.8 Å². The smallest absolute Gasteiger partial charge is 0.412 e. The van der Waals surface area contributed by atoms with E-state index >= 15 is 0 Å². The number of aromatic nitrogens is 2. The van der Waals surface area contributed by atoms with Gasteiger partial charge in [-0.1, -0.05) is 12.1 Å². The molecular weight excluding hydrogens is 602 g/mol. The molecule has 12 nitrogen and oxygen atoms in total. The number of anilines is 3. The van der Waals surface area contributed by atoms with E-state index in [4.69, 9.17) is 14.2 Å². The van der Waals surface area contributed by atoms with Crippen LogP contribution in [0, 0.1) is 13.8 Å². The lowest BCUT2D eigenvalue weighted by molar-refractivity contribution is -0.141. The summed E-state index contributed by atoms with van der Waals surface area (Å²) in [6, 6.07) is 13.7. The highest BCUT2D eigenvalue weighted by molar-refractivity contribution is 6.08. The summed E-state index contributed by atoms with van der Waals surface area (Å²) in [5, 5.41) is 9.09. The Morgan fingerprint density at radius 2 is 1.62 bits per heavy atom. The minimum atomic E-state index is -0.650. The maximum atomic E-state index is 13.9. The van der Waals surface area contributed by atoms with E-state index in [1.807, 2.05) is 19.1 Å². The number of carbonyl (C=O) groups excluding carboxylic acids is 3. The van der Waals surface area contributed by atoms with Crippen molar-refractivity contribution in [1.82, 2.24) is 9.55 Å². The van der Waals surface area contributed by atoms with Crippen molar-refractivity contribution in [2.45, 2.75) is 67.0 Å². The average molecular weight is 644 g/mol. The van der Waals surface area contributed by atoms with E-state index in [1.165, 1.54) is 11.5 Å². The number of urea groups is 1. The van der Waals surface area contributed by atoms with E-state index in [-0.39, 0.29) is 18.3 Å². The van der Waals surface area contributed by atoms with Crippen molar-refractivity contribution < 1.29 is 28.6 Å². The number of hydrogen-bond donors (Lipinski definition) is 3. The summed E-state index contributed by atoms with van der Waals surface area (Å²) in [6.07, 6.45) is 1.54. The second-order valence-electron chi connectivity index (χ2n) is 11.9. The standard InChI is InChI=1S/C35H41N5O7/c1-8-40-31-27(14-10-15-36-31)28(24-12-9-13-26(20-24)46-17-11-16-45-23(4)41)30(32(40)42)39-33(43)38-29-21(2)18-25(19-22(29)3)37-34(44)47-35(5,6)7/h9-10,12-15,18-20H,8,11,16-17H2,1-7H3,(H,37,44)(H2,38,39,43). The Morgan fingerprint density at radius 3 is 2.28 bits per heavy atom. The summed E-state index contributed by atoms with van der Waals surface area (Å²) in [7, 11) is 0. The molecule has 0 atom stereocenters. The molecule has 2 aromatic heterocycles. The number of esters is 1. The Bertz CT molecular complexity index is 1840. The number of amides is 3. The third-order valence-electron chi connectivity index (χ3n) is 6.98. The molecule has 248 valence electrons. The van der Waals surface area contributed by atoms with Crippen LogP contribution in [0.5, 0.6) is 5.75 Å². The first-order valence-electron chi connectivity index (χ1n) is 15.3. The molecule has 47 heavy (non-hydrogen) atoms. The summed E-state index contributed by atoms with van der Waals surface area (Å²) in [4.78, 5) is 55.3. The first-order valence-corrected chi connectivity index (χ1v) is 15.3. The van der Waals surface area contributed by atoms with Crippen LogP contribution in [0.2, 0.25) is 0 Å². The largest absolute Gasteiger partial charge is 0.493 e. The zero-order valence-electron chi connectivity index (χ0n) is 27.8. The molecular formula is C35H41N5O7. The molecule has 4 aromatic rings. The highest BCUT2D eigenvalue weighted by atomic mass is 16.6. The van der Waals surface area contributed by atoms with Gasteiger partial charge in [0.25, 0.3) is 5.56 Å². The van der Waals surface area contributed by atoms with Crippen LogP contribution in [0.25, 0.3) is 22.2 Å². The van der Waals surface area contributed by atoms with Gasteiger partial charge >= 0.3 is 18.1 Å². The number of rotatable bonds is 10. The molecule has 3 N–H and O–H groups in total. The summed E-state index contributed by atoms with van der Waals surface area (Å²) in [5.41, 5.74) is 3.06. The molecule has 2 aromatic carbocycles. The van der Waals surface area contributed by atoms with Gasteiger partial charge in [-0.15, -0.1) is 0 Å². The quantitative estimate of drug-likeness (QED) is 0.123. The second kappa shape index (κ2) is 14.8. The van der Waals surface area contributed by atoms with Crippen molar-refractivity contribution in [3.8, 4) is 16.9 Å². The fraction of sp³-hybridized carbons (Fsp3) is 0.343. The van der Waals surface area contributed by atoms with E-state index in [0.717, 1.165) is 0 Å². The van der Waals surface area contributed by atoms with Gasteiger partial charge in [-0.25, -0.2) is 14.6 Å². The lowest BCUT2D eigenvalue weighted by Crippen LogP contribution is -2.30. The molecule has 0 bridgehead atoms. The number of nitrogens with one attached hydrogen (secondary N) is 3. The number of benzene rings is 2. The highest BCUT2D eigenvalue weighted by Gasteiger charge is 2.22. The van der Waals surface area contributed by atoms with Crippen molar-refractivity contribution >= 4 is 46.2 Å². The summed E-state index contributed by atoms with van der Waals surface area (Å²) in [5.74, 6) is 0.194. The Morgan fingerprint density at radius 1 is 0.915 bits per heavy atom. The molecule has 0 fully saturated rings. The molecule has 0 aliphatic carbocycles. The highest BCUT2D eigenvalue weighted by Crippen LogP contribution is 2.35. The van der Waals surface area contributed by atoms with Gasteiger partial charge in [-0.05, 0) is 94.6 Å². The van der Waals surface area contributed by atoms with Gasteiger partial charge in [-0.2, -0.15) is 0 Å². The Kier molecular flexibility index (Phi) is 10.9. The number of hydrogen-bond acceptors (Lipinski definition) is 8. The number of nitrogens with zero attached hydrogens (tertiary/aromatic N) is 2. The van der Waals surface area contributed by atoms with Crippen molar-refractivity contribution in [2.75, 3.05) is 29.2 Å². The number of aryl methyl sites for hydroxylation is 3. The van der Waals surface area contributed by atoms with Crippen LogP contribution in [0.15, 0.2) is 59.5 Å². The molecule has 2 heterocycles. The molecule has 0 saturated heterocycles. The van der Waals surface area contributed by atoms with Gasteiger partial charge in [-0.3, -0.25) is 19.5 Å². The van der Waals surface area contributed by atoms with Crippen molar-refractivity contribution in [3.63, 3.8) is 0 Å². The van der Waals surface area contributed by atoms with Crippen molar-refractivity contribution in [2.24, 2.45) is 0 Å². The number of fused-ring (bicyclic) bond motifs is 1. The minimum absolute atomic E-state index is 0.0791. The Balaban J connectivity index is 1.66. The maximum absolute atomic E-state index is 13.9. The Hall–Kier alpha value is -5.39. The lowest BCUT2D eigenvalue weighted by atomic mass is 10.00. The fourth-order valence-corrected chi connectivity index (χ4v) is 5.11. The van der Waals surface area contributed by atoms with Crippen LogP contribution in [0.4, 0.5) is 26.7 Å². The molecule has 12 heteroatoms. The molecule has 0 spiro atoms. The Labute approximate surface area is 273 Å². The molecule has 0 saturated carbocycles. The van der Waals surface area contributed by atoms with E-state index in [1.54, 1.807) is 77.2 Å². The van der Waals surface area contributed by atoms with Crippen LogP contribution >= 0.6 is 0 Å². The first-order chi connectivity index (χ1) is 22.3. The molecule has 0 aliphatic rings. The molecule has 0 radical (unpaired) electrons. The zero-order valence-corrected chi connectivity index (χ0v) is 27.8. The number of pyridine rings is 2. The zero-order chi connectivity index (χ0) is 34.3. The van der Waals surface area contributed by atoms with Gasteiger partial charge in [0.2, 0.25) is 0 Å². The SMILES string of the molecule is CCn1c(=O)c(NC(=O)Nc2c(C)cc(NC(=O)OC(C)(C)C)cc2C)c(-c2cccc(OCCCOC(C)=O)c2)c2cccnc21. The molecule has 0 aliphatic heterocycles. The van der Waals surface area contributed by atoms with Gasteiger partial charge in [0, 0.05) is 48.4 Å². The lowest BCUT2D eigenvalue weighted by Gasteiger charge is -2.21. The summed E-state index contributed by atoms with van der Waals surface area (Å²) >= 11 is 0. The van der Waals surface area contributed by atoms with E-state index < -0.39 is 23.3 Å². The third kappa shape index (κ3) is 8.87. The number of ether oxygens (including phenoxy) is 3. The van der Waals surface area contributed by atoms with Crippen LogP contribution in [0.1, 0.15) is 52.2 Å². The van der Waals surface area contributed by atoms with Crippen molar-refractivity contribution in [3.05, 3.63) is 76.2 Å². The topological polar surface area (TPSA) is 150 Å². The van der Waals surface area contributed by atoms with E-state index in [2.05, 4.69) is 20.9 Å². The fourth-order valence-electron chi connectivity index (χ4n) is 5.11. The molecule has 3 amide bonds. The molecule has 4 rings (SSSR count). The first kappa shape index (κ1) is 34.5. The van der Waals surface area contributed by atoms with Crippen molar-refractivity contribution in [1.29, 1.82) is 0 Å². The predicted molar refractivity (Wildman–Crippen MR) is 182 cm³/mol. The van der Waals surface area contributed by atoms with E-state index in [9.17, 15) is 19.2 Å². The van der Waals surface area contributed by atoms with Crippen LogP contribution in [-0.4, -0.2) is 46.5 Å².